The molecule has 0 bridgehead atoms. The van der Waals surface area contributed by atoms with Crippen LogP contribution in [0.5, 0.6) is 0 Å². The topological polar surface area (TPSA) is 21.3 Å². The van der Waals surface area contributed by atoms with Crippen LogP contribution in [0.2, 0.25) is 0 Å². The van der Waals surface area contributed by atoms with Crippen molar-refractivity contribution in [1.82, 2.24) is 5.32 Å². The molecule has 0 amide bonds. The van der Waals surface area contributed by atoms with Crippen LogP contribution in [0.1, 0.15) is 49.3 Å². The molecule has 1 unspecified atom stereocenters. The van der Waals surface area contributed by atoms with Gasteiger partial charge >= 0.3 is 0 Å². The zero-order chi connectivity index (χ0) is 12.4. The van der Waals surface area contributed by atoms with E-state index in [1.807, 2.05) is 0 Å². The average molecular weight is 245 g/mol. The van der Waals surface area contributed by atoms with Crippen LogP contribution in [-0.4, -0.2) is 20.3 Å². The van der Waals surface area contributed by atoms with Gasteiger partial charge < -0.3 is 10.1 Å². The van der Waals surface area contributed by atoms with Gasteiger partial charge in [0.05, 0.1) is 6.61 Å². The van der Waals surface area contributed by atoms with Gasteiger partial charge in [-0.3, -0.25) is 0 Å². The molecule has 1 aromatic carbocycles. The van der Waals surface area contributed by atoms with Gasteiger partial charge in [-0.2, -0.15) is 0 Å². The molecule has 0 spiro atoms. The Morgan fingerprint density at radius 1 is 1.22 bits per heavy atom. The predicted octanol–water partition coefficient (Wildman–Crippen LogP) is 3.18. The van der Waals surface area contributed by atoms with Crippen molar-refractivity contribution >= 4 is 0 Å². The fraction of sp³-hybridized carbons (Fsp3) is 0.625. The average Bonchev–Trinajstić information content (AvgIpc) is 3.21. The van der Waals surface area contributed by atoms with E-state index in [1.165, 1.54) is 49.8 Å². The first-order valence-corrected chi connectivity index (χ1v) is 7.17. The lowest BCUT2D eigenvalue weighted by Gasteiger charge is -2.24. The zero-order valence-electron chi connectivity index (χ0n) is 11.2. The van der Waals surface area contributed by atoms with Crippen LogP contribution in [0, 0.1) is 0 Å². The first-order chi connectivity index (χ1) is 8.84. The predicted molar refractivity (Wildman–Crippen MR) is 73.8 cm³/mol. The van der Waals surface area contributed by atoms with Crippen LogP contribution >= 0.6 is 0 Å². The molecule has 2 heteroatoms. The van der Waals surface area contributed by atoms with Crippen molar-refractivity contribution < 1.29 is 4.74 Å². The van der Waals surface area contributed by atoms with E-state index >= 15 is 0 Å². The van der Waals surface area contributed by atoms with Crippen molar-refractivity contribution in [2.24, 2.45) is 0 Å². The Labute approximate surface area is 110 Å². The Morgan fingerprint density at radius 3 is 2.56 bits per heavy atom. The van der Waals surface area contributed by atoms with E-state index in [-0.39, 0.29) is 0 Å². The van der Waals surface area contributed by atoms with Gasteiger partial charge in [0.1, 0.15) is 0 Å². The Kier molecular flexibility index (Phi) is 3.40. The summed E-state index contributed by atoms with van der Waals surface area (Å²) in [6.07, 6.45) is 6.52. The highest BCUT2D eigenvalue weighted by Gasteiger charge is 2.44. The minimum atomic E-state index is 0.341. The molecule has 2 nitrogen and oxygen atoms in total. The molecule has 1 aromatic rings. The van der Waals surface area contributed by atoms with Crippen molar-refractivity contribution in [3.63, 3.8) is 0 Å². The summed E-state index contributed by atoms with van der Waals surface area (Å²) in [5.74, 6) is 0. The highest BCUT2D eigenvalue weighted by atomic mass is 16.5. The van der Waals surface area contributed by atoms with Gasteiger partial charge in [-0.25, -0.2) is 0 Å². The number of piperidine rings is 1. The molecule has 2 aliphatic rings. The number of nitrogens with one attached hydrogen (secondary N) is 1. The summed E-state index contributed by atoms with van der Waals surface area (Å²) < 4.78 is 5.36. The number of hydrogen-bond donors (Lipinski definition) is 1. The molecule has 0 radical (unpaired) electrons. The maximum absolute atomic E-state index is 5.36. The van der Waals surface area contributed by atoms with Crippen LogP contribution in [0.25, 0.3) is 0 Å². The van der Waals surface area contributed by atoms with Gasteiger partial charge in [0.15, 0.2) is 0 Å². The summed E-state index contributed by atoms with van der Waals surface area (Å²) in [7, 11) is 1.81. The lowest BCUT2D eigenvalue weighted by molar-refractivity contribution is 0.171. The number of rotatable bonds is 4. The zero-order valence-corrected chi connectivity index (χ0v) is 11.2. The Morgan fingerprint density at radius 2 is 2.00 bits per heavy atom. The van der Waals surface area contributed by atoms with Crippen LogP contribution in [0.3, 0.4) is 0 Å². The van der Waals surface area contributed by atoms with Gasteiger partial charge in [0.25, 0.3) is 0 Å². The molecular formula is C16H23NO. The number of hydrogen-bond acceptors (Lipinski definition) is 2. The van der Waals surface area contributed by atoms with Crippen molar-refractivity contribution in [3.8, 4) is 0 Å². The van der Waals surface area contributed by atoms with Crippen LogP contribution in [0.4, 0.5) is 0 Å². The first kappa shape index (κ1) is 12.2. The first-order valence-electron chi connectivity index (χ1n) is 7.17. The third kappa shape index (κ3) is 2.32. The molecule has 1 aliphatic carbocycles. The lowest BCUT2D eigenvalue weighted by atomic mass is 9.92. The summed E-state index contributed by atoms with van der Waals surface area (Å²) in [5, 5.41) is 3.61. The standard InChI is InChI=1S/C16H23NO/c1-18-12-16(9-10-16)14-7-5-13(6-8-14)15-4-2-3-11-17-15/h5-8,15,17H,2-4,9-12H2,1H3. The molecule has 1 heterocycles. The van der Waals surface area contributed by atoms with E-state index in [0.29, 0.717) is 11.5 Å². The SMILES string of the molecule is COCC1(c2ccc(C3CCCCN3)cc2)CC1. The van der Waals surface area contributed by atoms with Gasteiger partial charge in [-0.1, -0.05) is 30.7 Å². The lowest BCUT2D eigenvalue weighted by Crippen LogP contribution is -2.26. The largest absolute Gasteiger partial charge is 0.384 e. The van der Waals surface area contributed by atoms with Gasteiger partial charge in [-0.05, 0) is 43.4 Å². The van der Waals surface area contributed by atoms with Crippen LogP contribution in [-0.2, 0) is 10.2 Å². The van der Waals surface area contributed by atoms with Gasteiger partial charge in [-0.15, -0.1) is 0 Å². The second kappa shape index (κ2) is 5.02. The Balaban J connectivity index is 1.72. The second-order valence-corrected chi connectivity index (χ2v) is 5.84. The summed E-state index contributed by atoms with van der Waals surface area (Å²) in [5.41, 5.74) is 3.25. The molecule has 1 N–H and O–H groups in total. The van der Waals surface area contributed by atoms with E-state index in [1.54, 1.807) is 7.11 Å². The van der Waals surface area contributed by atoms with Crippen molar-refractivity contribution in [2.75, 3.05) is 20.3 Å². The fourth-order valence-electron chi connectivity index (χ4n) is 3.15. The van der Waals surface area contributed by atoms with Gasteiger partial charge in [0.2, 0.25) is 0 Å². The quantitative estimate of drug-likeness (QED) is 0.879. The third-order valence-electron chi connectivity index (χ3n) is 4.51. The van der Waals surface area contributed by atoms with Crippen molar-refractivity contribution in [3.05, 3.63) is 35.4 Å². The van der Waals surface area contributed by atoms with E-state index in [0.717, 1.165) is 6.61 Å². The van der Waals surface area contributed by atoms with E-state index in [4.69, 9.17) is 4.74 Å². The maximum Gasteiger partial charge on any atom is 0.0559 e. The third-order valence-corrected chi connectivity index (χ3v) is 4.51. The van der Waals surface area contributed by atoms with E-state index in [2.05, 4.69) is 29.6 Å². The fourth-order valence-corrected chi connectivity index (χ4v) is 3.15. The molecule has 18 heavy (non-hydrogen) atoms. The number of benzene rings is 1. The summed E-state index contributed by atoms with van der Waals surface area (Å²) in [4.78, 5) is 0. The monoisotopic (exact) mass is 245 g/mol. The van der Waals surface area contributed by atoms with E-state index in [9.17, 15) is 0 Å². The summed E-state index contributed by atoms with van der Waals surface area (Å²) in [6, 6.07) is 9.84. The molecule has 2 fully saturated rings. The van der Waals surface area contributed by atoms with Crippen LogP contribution < -0.4 is 5.32 Å². The summed E-state index contributed by atoms with van der Waals surface area (Å²) >= 11 is 0. The smallest absolute Gasteiger partial charge is 0.0559 e. The van der Waals surface area contributed by atoms with E-state index < -0.39 is 0 Å². The molecule has 3 rings (SSSR count). The van der Waals surface area contributed by atoms with Crippen LogP contribution in [0.15, 0.2) is 24.3 Å². The minimum Gasteiger partial charge on any atom is -0.384 e. The summed E-state index contributed by atoms with van der Waals surface area (Å²) in [6.45, 7) is 2.04. The second-order valence-electron chi connectivity index (χ2n) is 5.84. The molecular weight excluding hydrogens is 222 g/mol. The number of ether oxygens (including phenoxy) is 1. The Hall–Kier alpha value is -0.860. The maximum atomic E-state index is 5.36. The molecule has 1 atom stereocenters. The molecule has 1 saturated heterocycles. The normalized spacial score (nSPS) is 25.9. The molecule has 98 valence electrons. The van der Waals surface area contributed by atoms with Gasteiger partial charge in [0, 0.05) is 18.6 Å². The molecule has 1 aliphatic heterocycles. The molecule has 0 aromatic heterocycles. The highest BCUT2D eigenvalue weighted by molar-refractivity contribution is 5.35. The molecule has 1 saturated carbocycles. The van der Waals surface area contributed by atoms with Crippen molar-refractivity contribution in [1.29, 1.82) is 0 Å². The highest BCUT2D eigenvalue weighted by Crippen LogP contribution is 2.48. The minimum absolute atomic E-state index is 0.341. The Bertz CT molecular complexity index is 388. The van der Waals surface area contributed by atoms with Crippen molar-refractivity contribution in [2.45, 2.75) is 43.6 Å². The number of methoxy groups -OCH3 is 1.